The molecule has 4 rings (SSSR count). The van der Waals surface area contributed by atoms with Crippen LogP contribution in [-0.4, -0.2) is 59.8 Å². The van der Waals surface area contributed by atoms with Crippen LogP contribution in [0.2, 0.25) is 0 Å². The molecule has 1 aromatic carbocycles. The minimum absolute atomic E-state index is 0.0417. The van der Waals surface area contributed by atoms with Gasteiger partial charge in [-0.3, -0.25) is 9.59 Å². The molecule has 26 heavy (non-hydrogen) atoms. The largest absolute Gasteiger partial charge is 0.481 e. The number of ether oxygens (including phenoxy) is 1. The Morgan fingerprint density at radius 2 is 1.73 bits per heavy atom. The first-order valence-corrected chi connectivity index (χ1v) is 9.46. The molecule has 0 unspecified atom stereocenters. The summed E-state index contributed by atoms with van der Waals surface area (Å²) in [6.45, 7) is 6.19. The number of carbonyl (C=O) groups is 2. The van der Waals surface area contributed by atoms with Crippen LogP contribution in [0.3, 0.4) is 0 Å². The van der Waals surface area contributed by atoms with E-state index in [2.05, 4.69) is 43.0 Å². The monoisotopic (exact) mass is 358 g/mol. The Kier molecular flexibility index (Phi) is 4.39. The summed E-state index contributed by atoms with van der Waals surface area (Å²) < 4.78 is 5.76. The van der Waals surface area contributed by atoms with Gasteiger partial charge in [-0.1, -0.05) is 17.7 Å². The van der Waals surface area contributed by atoms with E-state index < -0.39 is 17.8 Å². The first-order valence-electron chi connectivity index (χ1n) is 9.46. The standard InChI is InChI=1S/C20H26N2O4/c1-12-3-5-14(6-4-12)22-10-9-21(11-13(22)2)19(23)17-15-7-8-16(26-15)18(17)20(24)25/h3-6,13,15-18H,7-11H2,1-2H3,(H,24,25)/t13-,15-,16-,17-,18+/m1/s1. The highest BCUT2D eigenvalue weighted by atomic mass is 16.5. The number of aryl methyl sites for hydroxylation is 1. The van der Waals surface area contributed by atoms with Crippen LogP contribution < -0.4 is 4.90 Å². The summed E-state index contributed by atoms with van der Waals surface area (Å²) in [5.41, 5.74) is 2.40. The van der Waals surface area contributed by atoms with Crippen molar-refractivity contribution in [1.29, 1.82) is 0 Å². The number of benzene rings is 1. The molecule has 3 aliphatic rings. The maximum absolute atomic E-state index is 13.1. The number of nitrogens with zero attached hydrogens (tertiary/aromatic N) is 2. The van der Waals surface area contributed by atoms with Crippen molar-refractivity contribution in [2.45, 2.75) is 44.9 Å². The Bertz CT molecular complexity index is 704. The smallest absolute Gasteiger partial charge is 0.310 e. The molecule has 0 saturated carbocycles. The minimum Gasteiger partial charge on any atom is -0.481 e. The molecule has 6 nitrogen and oxygen atoms in total. The first kappa shape index (κ1) is 17.3. The fourth-order valence-corrected chi connectivity index (χ4v) is 4.79. The molecule has 1 N–H and O–H groups in total. The predicted molar refractivity (Wildman–Crippen MR) is 97.1 cm³/mol. The molecular formula is C20H26N2O4. The second kappa shape index (κ2) is 6.58. The molecule has 3 aliphatic heterocycles. The van der Waals surface area contributed by atoms with Crippen molar-refractivity contribution < 1.29 is 19.4 Å². The van der Waals surface area contributed by atoms with Crippen LogP contribution in [0.15, 0.2) is 24.3 Å². The molecule has 0 spiro atoms. The normalized spacial score (nSPS) is 33.5. The Morgan fingerprint density at radius 3 is 2.35 bits per heavy atom. The molecule has 1 aromatic rings. The third-order valence-electron chi connectivity index (χ3n) is 6.15. The van der Waals surface area contributed by atoms with Gasteiger partial charge >= 0.3 is 5.97 Å². The van der Waals surface area contributed by atoms with Crippen molar-refractivity contribution in [3.8, 4) is 0 Å². The molecule has 0 radical (unpaired) electrons. The SMILES string of the molecule is Cc1ccc(N2CCN(C(=O)[C@H]3[C@@H](C(=O)O)[C@H]4CC[C@H]3O4)C[C@H]2C)cc1. The van der Waals surface area contributed by atoms with E-state index in [9.17, 15) is 14.7 Å². The van der Waals surface area contributed by atoms with Gasteiger partial charge in [0.15, 0.2) is 0 Å². The number of hydrogen-bond acceptors (Lipinski definition) is 4. The van der Waals surface area contributed by atoms with Crippen LogP contribution in [0.4, 0.5) is 5.69 Å². The zero-order valence-corrected chi connectivity index (χ0v) is 15.3. The lowest BCUT2D eigenvalue weighted by atomic mass is 9.78. The van der Waals surface area contributed by atoms with Gasteiger partial charge in [0.2, 0.25) is 5.91 Å². The van der Waals surface area contributed by atoms with Gasteiger partial charge in [-0.2, -0.15) is 0 Å². The number of carboxylic acids is 1. The van der Waals surface area contributed by atoms with Crippen molar-refractivity contribution in [1.82, 2.24) is 4.90 Å². The molecule has 140 valence electrons. The van der Waals surface area contributed by atoms with Crippen molar-refractivity contribution in [2.75, 3.05) is 24.5 Å². The minimum atomic E-state index is -0.901. The zero-order chi connectivity index (χ0) is 18.4. The Morgan fingerprint density at radius 1 is 1.08 bits per heavy atom. The number of amides is 1. The average Bonchev–Trinajstić information content (AvgIpc) is 3.23. The van der Waals surface area contributed by atoms with Crippen LogP contribution in [-0.2, 0) is 14.3 Å². The summed E-state index contributed by atoms with van der Waals surface area (Å²) >= 11 is 0. The average molecular weight is 358 g/mol. The van der Waals surface area contributed by atoms with Crippen molar-refractivity contribution >= 4 is 17.6 Å². The number of rotatable bonds is 3. The van der Waals surface area contributed by atoms with Crippen LogP contribution in [0.5, 0.6) is 0 Å². The quantitative estimate of drug-likeness (QED) is 0.894. The van der Waals surface area contributed by atoms with E-state index in [1.807, 2.05) is 4.90 Å². The zero-order valence-electron chi connectivity index (χ0n) is 15.3. The van der Waals surface area contributed by atoms with E-state index in [0.29, 0.717) is 13.1 Å². The maximum atomic E-state index is 13.1. The highest BCUT2D eigenvalue weighted by molar-refractivity contribution is 5.87. The van der Waals surface area contributed by atoms with Crippen molar-refractivity contribution in [2.24, 2.45) is 11.8 Å². The first-order chi connectivity index (χ1) is 12.5. The second-order valence-electron chi connectivity index (χ2n) is 7.84. The van der Waals surface area contributed by atoms with Crippen LogP contribution in [0, 0.1) is 18.8 Å². The van der Waals surface area contributed by atoms with Crippen molar-refractivity contribution in [3.63, 3.8) is 0 Å². The fraction of sp³-hybridized carbons (Fsp3) is 0.600. The number of aliphatic carboxylic acids is 1. The lowest BCUT2D eigenvalue weighted by Gasteiger charge is -2.43. The van der Waals surface area contributed by atoms with Gasteiger partial charge in [-0.25, -0.2) is 0 Å². The molecule has 1 amide bonds. The highest BCUT2D eigenvalue weighted by Crippen LogP contribution is 2.44. The topological polar surface area (TPSA) is 70.1 Å². The third kappa shape index (κ3) is 2.86. The van der Waals surface area contributed by atoms with E-state index in [1.165, 1.54) is 11.3 Å². The Labute approximate surface area is 153 Å². The fourth-order valence-electron chi connectivity index (χ4n) is 4.79. The van der Waals surface area contributed by atoms with Gasteiger partial charge in [-0.05, 0) is 38.8 Å². The predicted octanol–water partition coefficient (Wildman–Crippen LogP) is 1.91. The molecule has 0 aliphatic carbocycles. The van der Waals surface area contributed by atoms with Crippen LogP contribution in [0.25, 0.3) is 0 Å². The van der Waals surface area contributed by atoms with Gasteiger partial charge in [-0.15, -0.1) is 0 Å². The summed E-state index contributed by atoms with van der Waals surface area (Å²) in [7, 11) is 0. The van der Waals surface area contributed by atoms with E-state index in [0.717, 1.165) is 19.4 Å². The van der Waals surface area contributed by atoms with Crippen LogP contribution in [0.1, 0.15) is 25.3 Å². The van der Waals surface area contributed by atoms with E-state index >= 15 is 0 Å². The number of anilines is 1. The van der Waals surface area contributed by atoms with E-state index in [4.69, 9.17) is 4.74 Å². The third-order valence-corrected chi connectivity index (χ3v) is 6.15. The second-order valence-corrected chi connectivity index (χ2v) is 7.84. The highest BCUT2D eigenvalue weighted by Gasteiger charge is 2.56. The molecule has 3 heterocycles. The Balaban J connectivity index is 1.46. The van der Waals surface area contributed by atoms with Gasteiger partial charge in [0.05, 0.1) is 24.0 Å². The lowest BCUT2D eigenvalue weighted by Crippen LogP contribution is -2.56. The van der Waals surface area contributed by atoms with Gasteiger partial charge in [0.1, 0.15) is 0 Å². The van der Waals surface area contributed by atoms with Crippen molar-refractivity contribution in [3.05, 3.63) is 29.8 Å². The number of carbonyl (C=O) groups excluding carboxylic acids is 1. The number of hydrogen-bond donors (Lipinski definition) is 1. The van der Waals surface area contributed by atoms with Gasteiger partial charge in [0, 0.05) is 31.4 Å². The molecule has 3 fully saturated rings. The maximum Gasteiger partial charge on any atom is 0.310 e. The summed E-state index contributed by atoms with van der Waals surface area (Å²) in [6.07, 6.45) is 1.03. The van der Waals surface area contributed by atoms with Crippen LogP contribution >= 0.6 is 0 Å². The molecular weight excluding hydrogens is 332 g/mol. The molecule has 2 bridgehead atoms. The molecule has 3 saturated heterocycles. The summed E-state index contributed by atoms with van der Waals surface area (Å²) in [5, 5.41) is 9.56. The summed E-state index contributed by atoms with van der Waals surface area (Å²) in [6, 6.07) is 8.63. The molecule has 5 atom stereocenters. The summed E-state index contributed by atoms with van der Waals surface area (Å²) in [4.78, 5) is 28.9. The van der Waals surface area contributed by atoms with Gasteiger partial charge in [0.25, 0.3) is 0 Å². The number of piperazine rings is 1. The Hall–Kier alpha value is -2.08. The molecule has 6 heteroatoms. The number of carboxylic acid groups (broad SMARTS) is 1. The number of fused-ring (bicyclic) bond motifs is 2. The van der Waals surface area contributed by atoms with E-state index in [1.54, 1.807) is 0 Å². The lowest BCUT2D eigenvalue weighted by molar-refractivity contribution is -0.151. The van der Waals surface area contributed by atoms with E-state index in [-0.39, 0.29) is 24.2 Å². The van der Waals surface area contributed by atoms with Gasteiger partial charge < -0.3 is 19.6 Å². The summed E-state index contributed by atoms with van der Waals surface area (Å²) in [5.74, 6) is -2.15. The molecule has 0 aromatic heterocycles.